The second-order valence-corrected chi connectivity index (χ2v) is 5.94. The lowest BCUT2D eigenvalue weighted by Crippen LogP contribution is -2.29. The lowest BCUT2D eigenvalue weighted by molar-refractivity contribution is 0.254. The molecule has 3 heterocycles. The number of nitrogens with one attached hydrogen (secondary N) is 1. The van der Waals surface area contributed by atoms with Gasteiger partial charge in [-0.3, -0.25) is 4.57 Å². The number of hydrogen-bond donors (Lipinski definition) is 1. The normalized spacial score (nSPS) is 17.6. The van der Waals surface area contributed by atoms with Crippen LogP contribution in [0.5, 0.6) is 0 Å². The van der Waals surface area contributed by atoms with Gasteiger partial charge >= 0.3 is 0 Å². The minimum absolute atomic E-state index is 0.659. The van der Waals surface area contributed by atoms with Crippen LogP contribution in [0.2, 0.25) is 0 Å². The van der Waals surface area contributed by atoms with Crippen molar-refractivity contribution >= 4 is 10.9 Å². The fourth-order valence-corrected chi connectivity index (χ4v) is 3.17. The molecule has 0 aliphatic carbocycles. The summed E-state index contributed by atoms with van der Waals surface area (Å²) < 4.78 is 1.93. The van der Waals surface area contributed by atoms with Crippen LogP contribution in [0.1, 0.15) is 24.5 Å². The maximum Gasteiger partial charge on any atom is 0.123 e. The van der Waals surface area contributed by atoms with Crippen molar-refractivity contribution in [1.29, 1.82) is 0 Å². The molecule has 1 fully saturated rings. The molecule has 1 aliphatic rings. The van der Waals surface area contributed by atoms with Crippen LogP contribution in [0, 0.1) is 0 Å². The zero-order chi connectivity index (χ0) is 14.2. The molecule has 0 radical (unpaired) electrons. The minimum Gasteiger partial charge on any atom is -0.358 e. The highest BCUT2D eigenvalue weighted by Crippen LogP contribution is 2.30. The van der Waals surface area contributed by atoms with Crippen LogP contribution in [0.25, 0.3) is 16.6 Å². The molecule has 5 heteroatoms. The van der Waals surface area contributed by atoms with E-state index in [2.05, 4.69) is 51.4 Å². The summed E-state index contributed by atoms with van der Waals surface area (Å²) in [5.74, 6) is 0.659. The quantitative estimate of drug-likeness (QED) is 0.785. The molecule has 1 aliphatic heterocycles. The van der Waals surface area contributed by atoms with E-state index in [9.17, 15) is 0 Å². The molecule has 3 aromatic rings. The molecule has 1 aromatic carbocycles. The summed E-state index contributed by atoms with van der Waals surface area (Å²) in [7, 11) is 2.20. The number of piperidine rings is 1. The standard InChI is InChI=1S/C16H19N5/c1-20-6-4-12(5-7-20)15-8-13-2-3-14(9-16(13)19-15)21-10-17-18-11-21/h2-3,8-12,19H,4-7H2,1H3. The van der Waals surface area contributed by atoms with Gasteiger partial charge in [0.1, 0.15) is 12.7 Å². The van der Waals surface area contributed by atoms with Gasteiger partial charge in [-0.05, 0) is 56.6 Å². The van der Waals surface area contributed by atoms with E-state index in [1.54, 1.807) is 12.7 Å². The van der Waals surface area contributed by atoms with Gasteiger partial charge in [-0.1, -0.05) is 6.07 Å². The van der Waals surface area contributed by atoms with Gasteiger partial charge in [0.2, 0.25) is 0 Å². The Morgan fingerprint density at radius 1 is 1.10 bits per heavy atom. The van der Waals surface area contributed by atoms with E-state index < -0.39 is 0 Å². The number of aromatic amines is 1. The van der Waals surface area contributed by atoms with Gasteiger partial charge in [-0.15, -0.1) is 10.2 Å². The van der Waals surface area contributed by atoms with Crippen LogP contribution in [-0.4, -0.2) is 44.8 Å². The fourth-order valence-electron chi connectivity index (χ4n) is 3.17. The first-order valence-electron chi connectivity index (χ1n) is 7.46. The zero-order valence-corrected chi connectivity index (χ0v) is 12.2. The highest BCUT2D eigenvalue weighted by molar-refractivity contribution is 5.82. The summed E-state index contributed by atoms with van der Waals surface area (Å²) in [6.45, 7) is 2.37. The molecule has 4 rings (SSSR count). The summed E-state index contributed by atoms with van der Waals surface area (Å²) >= 11 is 0. The van der Waals surface area contributed by atoms with Gasteiger partial charge in [0.05, 0.1) is 5.69 Å². The van der Waals surface area contributed by atoms with Crippen LogP contribution in [0.15, 0.2) is 36.9 Å². The fraction of sp³-hybridized carbons (Fsp3) is 0.375. The maximum atomic E-state index is 3.86. The molecule has 0 spiro atoms. The third-order valence-corrected chi connectivity index (χ3v) is 4.50. The molecular formula is C16H19N5. The van der Waals surface area contributed by atoms with Crippen molar-refractivity contribution in [3.63, 3.8) is 0 Å². The van der Waals surface area contributed by atoms with Crippen molar-refractivity contribution in [2.75, 3.05) is 20.1 Å². The summed E-state index contributed by atoms with van der Waals surface area (Å²) in [4.78, 5) is 6.02. The van der Waals surface area contributed by atoms with E-state index in [0.717, 1.165) is 5.69 Å². The monoisotopic (exact) mass is 281 g/mol. The lowest BCUT2D eigenvalue weighted by Gasteiger charge is -2.28. The van der Waals surface area contributed by atoms with Crippen molar-refractivity contribution in [3.05, 3.63) is 42.6 Å². The highest BCUT2D eigenvalue weighted by Gasteiger charge is 2.19. The maximum absolute atomic E-state index is 3.86. The Labute approximate surface area is 123 Å². The Balaban J connectivity index is 1.67. The van der Waals surface area contributed by atoms with Crippen molar-refractivity contribution in [2.24, 2.45) is 0 Å². The average molecular weight is 281 g/mol. The lowest BCUT2D eigenvalue weighted by atomic mass is 9.94. The number of fused-ring (bicyclic) bond motifs is 1. The Morgan fingerprint density at radius 2 is 1.86 bits per heavy atom. The molecule has 0 bridgehead atoms. The van der Waals surface area contributed by atoms with Gasteiger partial charge in [-0.25, -0.2) is 0 Å². The smallest absolute Gasteiger partial charge is 0.123 e. The first kappa shape index (κ1) is 12.6. The molecular weight excluding hydrogens is 262 g/mol. The highest BCUT2D eigenvalue weighted by atomic mass is 15.2. The third kappa shape index (κ3) is 2.34. The minimum atomic E-state index is 0.659. The number of nitrogens with zero attached hydrogens (tertiary/aromatic N) is 4. The van der Waals surface area contributed by atoms with Crippen LogP contribution in [0.4, 0.5) is 0 Å². The number of hydrogen-bond acceptors (Lipinski definition) is 3. The first-order valence-corrected chi connectivity index (χ1v) is 7.46. The molecule has 5 nitrogen and oxygen atoms in total. The number of H-pyrrole nitrogens is 1. The molecule has 0 atom stereocenters. The van der Waals surface area contributed by atoms with E-state index in [0.29, 0.717) is 5.92 Å². The van der Waals surface area contributed by atoms with E-state index in [-0.39, 0.29) is 0 Å². The largest absolute Gasteiger partial charge is 0.358 e. The molecule has 1 saturated heterocycles. The topological polar surface area (TPSA) is 49.7 Å². The van der Waals surface area contributed by atoms with E-state index >= 15 is 0 Å². The number of likely N-dealkylation sites (tertiary alicyclic amines) is 1. The molecule has 0 unspecified atom stereocenters. The second-order valence-electron chi connectivity index (χ2n) is 5.94. The average Bonchev–Trinajstić information content (AvgIpc) is 3.16. The molecule has 2 aromatic heterocycles. The van der Waals surface area contributed by atoms with E-state index in [1.165, 1.54) is 42.5 Å². The molecule has 21 heavy (non-hydrogen) atoms. The van der Waals surface area contributed by atoms with Gasteiger partial charge < -0.3 is 9.88 Å². The van der Waals surface area contributed by atoms with E-state index in [4.69, 9.17) is 0 Å². The Morgan fingerprint density at radius 3 is 2.62 bits per heavy atom. The first-order chi connectivity index (χ1) is 10.3. The van der Waals surface area contributed by atoms with Gasteiger partial charge in [0.25, 0.3) is 0 Å². The summed E-state index contributed by atoms with van der Waals surface area (Å²) in [6.07, 6.45) is 5.92. The Bertz CT molecular complexity index is 735. The predicted octanol–water partition coefficient (Wildman–Crippen LogP) is 2.56. The van der Waals surface area contributed by atoms with Crippen LogP contribution < -0.4 is 0 Å². The van der Waals surface area contributed by atoms with Crippen molar-refractivity contribution in [2.45, 2.75) is 18.8 Å². The van der Waals surface area contributed by atoms with Gasteiger partial charge in [-0.2, -0.15) is 0 Å². The summed E-state index contributed by atoms with van der Waals surface area (Å²) in [5, 5.41) is 9.00. The predicted molar refractivity (Wildman–Crippen MR) is 82.7 cm³/mol. The van der Waals surface area contributed by atoms with Crippen LogP contribution in [0.3, 0.4) is 0 Å². The zero-order valence-electron chi connectivity index (χ0n) is 12.2. The summed E-state index contributed by atoms with van der Waals surface area (Å²) in [6, 6.07) is 8.75. The molecule has 108 valence electrons. The van der Waals surface area contributed by atoms with Crippen molar-refractivity contribution in [3.8, 4) is 5.69 Å². The summed E-state index contributed by atoms with van der Waals surface area (Å²) in [5.41, 5.74) is 3.65. The number of aromatic nitrogens is 4. The van der Waals surface area contributed by atoms with Crippen LogP contribution in [-0.2, 0) is 0 Å². The third-order valence-electron chi connectivity index (χ3n) is 4.50. The van der Waals surface area contributed by atoms with E-state index in [1.807, 2.05) is 4.57 Å². The number of rotatable bonds is 2. The molecule has 0 saturated carbocycles. The van der Waals surface area contributed by atoms with Crippen molar-refractivity contribution < 1.29 is 0 Å². The van der Waals surface area contributed by atoms with Crippen LogP contribution >= 0.6 is 0 Å². The number of benzene rings is 1. The Kier molecular flexibility index (Phi) is 3.00. The van der Waals surface area contributed by atoms with Gasteiger partial charge in [0.15, 0.2) is 0 Å². The van der Waals surface area contributed by atoms with Crippen molar-refractivity contribution in [1.82, 2.24) is 24.6 Å². The Hall–Kier alpha value is -2.14. The molecule has 0 amide bonds. The second kappa shape index (κ2) is 5.00. The SMILES string of the molecule is CN1CCC(c2cc3ccc(-n4cnnc4)cc3[nH]2)CC1. The molecule has 1 N–H and O–H groups in total. The van der Waals surface area contributed by atoms with Gasteiger partial charge in [0, 0.05) is 17.1 Å².